The van der Waals surface area contributed by atoms with Crippen LogP contribution in [0.5, 0.6) is 0 Å². The summed E-state index contributed by atoms with van der Waals surface area (Å²) in [5.74, 6) is 0.975. The van der Waals surface area contributed by atoms with Gasteiger partial charge in [-0.1, -0.05) is 26.8 Å². The number of hydrogen-bond acceptors (Lipinski definition) is 5. The first-order valence-corrected chi connectivity index (χ1v) is 11.4. The lowest BCUT2D eigenvalue weighted by Gasteiger charge is -2.34. The summed E-state index contributed by atoms with van der Waals surface area (Å²) in [6, 6.07) is 7.93. The Kier molecular flexibility index (Phi) is 9.42. The summed E-state index contributed by atoms with van der Waals surface area (Å²) in [5, 5.41) is 16.5. The third-order valence-corrected chi connectivity index (χ3v) is 6.34. The molecular formula is C24H35N3O3S. The van der Waals surface area contributed by atoms with Crippen molar-refractivity contribution in [2.24, 2.45) is 23.5 Å². The maximum atomic E-state index is 13.7. The van der Waals surface area contributed by atoms with Crippen molar-refractivity contribution in [2.75, 3.05) is 20.3 Å². The van der Waals surface area contributed by atoms with Gasteiger partial charge >= 0.3 is 0 Å². The zero-order chi connectivity index (χ0) is 23.1. The van der Waals surface area contributed by atoms with Crippen molar-refractivity contribution in [1.29, 1.82) is 5.26 Å². The SMILES string of the molecule is CC(C)CC(C)CC1Cc2ccc(C#N)cc2C1C(=O)N(C[C@H]1CCO1)C(N)=S.CO. The summed E-state index contributed by atoms with van der Waals surface area (Å²) in [6.07, 6.45) is 3.87. The monoisotopic (exact) mass is 445 g/mol. The summed E-state index contributed by atoms with van der Waals surface area (Å²) in [6.45, 7) is 7.85. The molecule has 6 nitrogen and oxygen atoms in total. The first kappa shape index (κ1) is 25.3. The summed E-state index contributed by atoms with van der Waals surface area (Å²) in [4.78, 5) is 15.2. The number of amides is 1. The van der Waals surface area contributed by atoms with Crippen molar-refractivity contribution < 1.29 is 14.6 Å². The molecule has 0 saturated carbocycles. The molecule has 3 unspecified atom stereocenters. The highest BCUT2D eigenvalue weighted by Crippen LogP contribution is 2.43. The molecule has 0 bridgehead atoms. The molecule has 1 aliphatic heterocycles. The Hall–Kier alpha value is -2.01. The van der Waals surface area contributed by atoms with Gasteiger partial charge in [-0.25, -0.2) is 0 Å². The van der Waals surface area contributed by atoms with Gasteiger partial charge in [-0.15, -0.1) is 0 Å². The molecule has 7 heteroatoms. The Labute approximate surface area is 191 Å². The van der Waals surface area contributed by atoms with Crippen LogP contribution in [0.25, 0.3) is 0 Å². The normalized spacial score (nSPS) is 22.4. The third-order valence-electron chi connectivity index (χ3n) is 6.12. The number of nitrogens with two attached hydrogens (primary N) is 1. The van der Waals surface area contributed by atoms with Gasteiger partial charge in [-0.05, 0) is 78.9 Å². The molecule has 2 aliphatic rings. The number of thiocarbonyl (C=S) groups is 1. The molecule has 4 atom stereocenters. The molecule has 1 fully saturated rings. The van der Waals surface area contributed by atoms with E-state index in [-0.39, 0.29) is 29.0 Å². The van der Waals surface area contributed by atoms with Gasteiger partial charge in [0, 0.05) is 13.7 Å². The Morgan fingerprint density at radius 2 is 2.06 bits per heavy atom. The predicted octanol–water partition coefficient (Wildman–Crippen LogP) is 3.36. The topological polar surface area (TPSA) is 99.6 Å². The van der Waals surface area contributed by atoms with Gasteiger partial charge in [0.15, 0.2) is 5.11 Å². The van der Waals surface area contributed by atoms with Crippen molar-refractivity contribution in [1.82, 2.24) is 4.90 Å². The number of benzene rings is 1. The van der Waals surface area contributed by atoms with Gasteiger partial charge in [0.25, 0.3) is 0 Å². The van der Waals surface area contributed by atoms with Crippen LogP contribution in [0.2, 0.25) is 0 Å². The van der Waals surface area contributed by atoms with Crippen LogP contribution < -0.4 is 5.73 Å². The van der Waals surface area contributed by atoms with Crippen LogP contribution >= 0.6 is 12.2 Å². The quantitative estimate of drug-likeness (QED) is 0.625. The van der Waals surface area contributed by atoms with E-state index in [9.17, 15) is 10.1 Å². The van der Waals surface area contributed by atoms with Crippen molar-refractivity contribution in [3.05, 3.63) is 34.9 Å². The van der Waals surface area contributed by atoms with Gasteiger partial charge < -0.3 is 15.6 Å². The van der Waals surface area contributed by atoms with Crippen LogP contribution in [0.4, 0.5) is 0 Å². The van der Waals surface area contributed by atoms with Crippen molar-refractivity contribution in [3.8, 4) is 6.07 Å². The highest BCUT2D eigenvalue weighted by atomic mass is 32.1. The molecular weight excluding hydrogens is 410 g/mol. The second-order valence-corrected chi connectivity index (χ2v) is 9.42. The molecule has 170 valence electrons. The van der Waals surface area contributed by atoms with E-state index in [4.69, 9.17) is 27.8 Å². The van der Waals surface area contributed by atoms with Crippen LogP contribution in [0.1, 0.15) is 62.6 Å². The van der Waals surface area contributed by atoms with E-state index in [1.54, 1.807) is 0 Å². The number of fused-ring (bicyclic) bond motifs is 1. The molecule has 3 rings (SSSR count). The van der Waals surface area contributed by atoms with Crippen LogP contribution in [-0.2, 0) is 16.0 Å². The molecule has 0 aromatic heterocycles. The van der Waals surface area contributed by atoms with E-state index >= 15 is 0 Å². The molecule has 31 heavy (non-hydrogen) atoms. The first-order chi connectivity index (χ1) is 14.8. The molecule has 3 N–H and O–H groups in total. The molecule has 1 saturated heterocycles. The molecule has 1 aliphatic carbocycles. The van der Waals surface area contributed by atoms with E-state index < -0.39 is 0 Å². The molecule has 0 spiro atoms. The first-order valence-electron chi connectivity index (χ1n) is 11.0. The molecule has 1 aromatic rings. The van der Waals surface area contributed by atoms with Gasteiger partial charge in [0.05, 0.1) is 30.2 Å². The smallest absolute Gasteiger partial charge is 0.236 e. The molecule has 1 aromatic carbocycles. The number of nitriles is 1. The number of rotatable bonds is 7. The standard InChI is InChI=1S/C23H31N3O2S.CH4O/c1-14(2)8-15(3)9-18-11-17-5-4-16(12-24)10-20(17)21(18)22(27)26(23(25)29)13-19-6-7-28-19;1-2/h4-5,10,14-15,18-19,21H,6-9,11,13H2,1-3H3,(H2,25,29);2H,1H3/t15?,18?,19-,21?;/m1./s1. The summed E-state index contributed by atoms with van der Waals surface area (Å²) < 4.78 is 5.51. The number of aliphatic hydroxyl groups excluding tert-OH is 1. The average molecular weight is 446 g/mol. The fourth-order valence-electron chi connectivity index (χ4n) is 4.85. The van der Waals surface area contributed by atoms with E-state index in [1.807, 2.05) is 18.2 Å². The van der Waals surface area contributed by atoms with Crippen LogP contribution in [0.15, 0.2) is 18.2 Å². The number of carbonyl (C=O) groups is 1. The molecule has 0 radical (unpaired) electrons. The maximum absolute atomic E-state index is 13.7. The zero-order valence-electron chi connectivity index (χ0n) is 19.0. The highest BCUT2D eigenvalue weighted by molar-refractivity contribution is 7.80. The van der Waals surface area contributed by atoms with Crippen molar-refractivity contribution in [2.45, 2.75) is 58.5 Å². The second kappa shape index (κ2) is 11.6. The maximum Gasteiger partial charge on any atom is 0.236 e. The van der Waals surface area contributed by atoms with Crippen LogP contribution in [-0.4, -0.2) is 47.4 Å². The predicted molar refractivity (Wildman–Crippen MR) is 125 cm³/mol. The summed E-state index contributed by atoms with van der Waals surface area (Å²) >= 11 is 5.22. The lowest BCUT2D eigenvalue weighted by atomic mass is 9.82. The Bertz CT molecular complexity index is 817. The largest absolute Gasteiger partial charge is 0.400 e. The Morgan fingerprint density at radius 1 is 1.39 bits per heavy atom. The number of aliphatic hydroxyl groups is 1. The minimum absolute atomic E-state index is 0.00470. The zero-order valence-corrected chi connectivity index (χ0v) is 19.8. The minimum Gasteiger partial charge on any atom is -0.400 e. The fourth-order valence-corrected chi connectivity index (χ4v) is 5.02. The minimum atomic E-state index is -0.311. The lowest BCUT2D eigenvalue weighted by Crippen LogP contribution is -2.50. The second-order valence-electron chi connectivity index (χ2n) is 9.01. The fraction of sp³-hybridized carbons (Fsp3) is 0.625. The highest BCUT2D eigenvalue weighted by Gasteiger charge is 2.41. The summed E-state index contributed by atoms with van der Waals surface area (Å²) in [7, 11) is 1.00. The average Bonchev–Trinajstić information content (AvgIpc) is 3.03. The van der Waals surface area contributed by atoms with Crippen LogP contribution in [0, 0.1) is 29.1 Å². The van der Waals surface area contributed by atoms with E-state index in [0.29, 0.717) is 23.9 Å². The van der Waals surface area contributed by atoms with Crippen molar-refractivity contribution in [3.63, 3.8) is 0 Å². The third kappa shape index (κ3) is 6.25. The number of carbonyl (C=O) groups excluding carboxylic acids is 1. The van der Waals surface area contributed by atoms with Crippen molar-refractivity contribution >= 4 is 23.2 Å². The number of hydrogen-bond donors (Lipinski definition) is 2. The molecule has 1 amide bonds. The van der Waals surface area contributed by atoms with Gasteiger partial charge in [-0.3, -0.25) is 9.69 Å². The van der Waals surface area contributed by atoms with Gasteiger partial charge in [-0.2, -0.15) is 5.26 Å². The lowest BCUT2D eigenvalue weighted by molar-refractivity contribution is -0.134. The van der Waals surface area contributed by atoms with Gasteiger partial charge in [0.1, 0.15) is 0 Å². The van der Waals surface area contributed by atoms with Crippen LogP contribution in [0.3, 0.4) is 0 Å². The summed E-state index contributed by atoms with van der Waals surface area (Å²) in [5.41, 5.74) is 8.66. The number of nitrogens with zero attached hydrogens (tertiary/aromatic N) is 2. The van der Waals surface area contributed by atoms with E-state index in [1.165, 1.54) is 4.90 Å². The number of ether oxygens (including phenoxy) is 1. The van der Waals surface area contributed by atoms with E-state index in [2.05, 4.69) is 26.8 Å². The molecule has 1 heterocycles. The Morgan fingerprint density at radius 3 is 2.58 bits per heavy atom. The van der Waals surface area contributed by atoms with E-state index in [0.717, 1.165) is 50.5 Å². The Balaban J connectivity index is 0.00000166. The van der Waals surface area contributed by atoms with Gasteiger partial charge in [0.2, 0.25) is 5.91 Å².